The van der Waals surface area contributed by atoms with Crippen LogP contribution in [0.5, 0.6) is 5.88 Å². The van der Waals surface area contributed by atoms with E-state index in [0.717, 1.165) is 31.4 Å². The number of imidazole rings is 1. The lowest BCUT2D eigenvalue weighted by atomic mass is 10.1. The van der Waals surface area contributed by atoms with Gasteiger partial charge in [-0.15, -0.1) is 0 Å². The van der Waals surface area contributed by atoms with Crippen molar-refractivity contribution in [1.29, 1.82) is 0 Å². The second kappa shape index (κ2) is 4.05. The molecule has 0 atom stereocenters. The summed E-state index contributed by atoms with van der Waals surface area (Å²) in [5, 5.41) is 3.30. The number of H-pyrrole nitrogens is 1. The van der Waals surface area contributed by atoms with E-state index in [-0.39, 0.29) is 6.10 Å². The van der Waals surface area contributed by atoms with Crippen LogP contribution in [0.4, 0.5) is 0 Å². The smallest absolute Gasteiger partial charge is 0.243 e. The van der Waals surface area contributed by atoms with E-state index in [1.807, 2.05) is 0 Å². The summed E-state index contributed by atoms with van der Waals surface area (Å²) in [5.41, 5.74) is 1.43. The van der Waals surface area contributed by atoms with Gasteiger partial charge in [0.2, 0.25) is 5.88 Å². The fourth-order valence-corrected chi connectivity index (χ4v) is 1.90. The summed E-state index contributed by atoms with van der Waals surface area (Å²) in [6, 6.07) is 0. The second-order valence-corrected chi connectivity index (χ2v) is 3.85. The van der Waals surface area contributed by atoms with Crippen molar-refractivity contribution in [3.05, 3.63) is 12.7 Å². The van der Waals surface area contributed by atoms with E-state index < -0.39 is 0 Å². The Morgan fingerprint density at radius 3 is 2.94 bits per heavy atom. The molecule has 0 bridgehead atoms. The normalized spacial score (nSPS) is 17.8. The van der Waals surface area contributed by atoms with Crippen LogP contribution in [0.15, 0.2) is 12.7 Å². The first kappa shape index (κ1) is 9.53. The van der Waals surface area contributed by atoms with Crippen molar-refractivity contribution in [2.75, 3.05) is 13.1 Å². The molecule has 0 unspecified atom stereocenters. The summed E-state index contributed by atoms with van der Waals surface area (Å²) in [4.78, 5) is 15.3. The van der Waals surface area contributed by atoms with Gasteiger partial charge in [0.15, 0.2) is 5.65 Å². The number of nitrogens with zero attached hydrogens (tertiary/aromatic N) is 3. The van der Waals surface area contributed by atoms with Crippen LogP contribution in [-0.4, -0.2) is 39.1 Å². The van der Waals surface area contributed by atoms with Gasteiger partial charge in [0.1, 0.15) is 17.9 Å². The first-order valence-corrected chi connectivity index (χ1v) is 5.45. The van der Waals surface area contributed by atoms with Gasteiger partial charge in [-0.2, -0.15) is 4.98 Å². The molecule has 2 aromatic rings. The number of piperidine rings is 1. The Morgan fingerprint density at radius 1 is 1.19 bits per heavy atom. The minimum absolute atomic E-state index is 0.239. The lowest BCUT2D eigenvalue weighted by Gasteiger charge is -2.23. The van der Waals surface area contributed by atoms with E-state index in [0.29, 0.717) is 11.5 Å². The molecule has 3 rings (SSSR count). The van der Waals surface area contributed by atoms with Gasteiger partial charge in [0.05, 0.1) is 6.33 Å². The summed E-state index contributed by atoms with van der Waals surface area (Å²) >= 11 is 0. The maximum Gasteiger partial charge on any atom is 0.243 e. The zero-order valence-electron chi connectivity index (χ0n) is 8.81. The van der Waals surface area contributed by atoms with E-state index in [1.54, 1.807) is 6.33 Å². The molecule has 1 aliphatic heterocycles. The van der Waals surface area contributed by atoms with Crippen LogP contribution >= 0.6 is 0 Å². The number of nitrogens with one attached hydrogen (secondary N) is 2. The van der Waals surface area contributed by atoms with E-state index in [9.17, 15) is 0 Å². The molecular weight excluding hydrogens is 206 g/mol. The fourth-order valence-electron chi connectivity index (χ4n) is 1.90. The lowest BCUT2D eigenvalue weighted by molar-refractivity contribution is 0.158. The van der Waals surface area contributed by atoms with Gasteiger partial charge in [-0.1, -0.05) is 0 Å². The predicted molar refractivity (Wildman–Crippen MR) is 58.2 cm³/mol. The standard InChI is InChI=1S/C10H13N5O/c1-3-11-4-2-7(1)16-10-8-9(13-5-12-8)14-6-15-10/h5-7,11H,1-4H2,(H,12,13,14,15). The third kappa shape index (κ3) is 1.71. The molecule has 1 saturated heterocycles. The Hall–Kier alpha value is -1.69. The SMILES string of the molecule is c1nc(OC2CCNCC2)c2[nH]cnc2n1. The van der Waals surface area contributed by atoms with Crippen LogP contribution in [-0.2, 0) is 0 Å². The zero-order valence-corrected chi connectivity index (χ0v) is 8.81. The quantitative estimate of drug-likeness (QED) is 0.768. The van der Waals surface area contributed by atoms with Gasteiger partial charge >= 0.3 is 0 Å². The highest BCUT2D eigenvalue weighted by molar-refractivity contribution is 5.74. The van der Waals surface area contributed by atoms with E-state index in [2.05, 4.69) is 25.3 Å². The van der Waals surface area contributed by atoms with Crippen LogP contribution in [0.2, 0.25) is 0 Å². The average molecular weight is 219 g/mol. The Balaban J connectivity index is 1.85. The number of rotatable bonds is 2. The van der Waals surface area contributed by atoms with Crippen molar-refractivity contribution in [1.82, 2.24) is 25.3 Å². The van der Waals surface area contributed by atoms with Crippen molar-refractivity contribution < 1.29 is 4.74 Å². The maximum absolute atomic E-state index is 5.86. The van der Waals surface area contributed by atoms with E-state index in [4.69, 9.17) is 4.74 Å². The van der Waals surface area contributed by atoms with Crippen molar-refractivity contribution in [3.8, 4) is 5.88 Å². The highest BCUT2D eigenvalue weighted by Crippen LogP contribution is 2.20. The molecule has 16 heavy (non-hydrogen) atoms. The first-order valence-electron chi connectivity index (χ1n) is 5.45. The molecule has 0 amide bonds. The summed E-state index contributed by atoms with van der Waals surface area (Å²) in [7, 11) is 0. The van der Waals surface area contributed by atoms with Crippen molar-refractivity contribution >= 4 is 11.2 Å². The molecule has 2 aromatic heterocycles. The van der Waals surface area contributed by atoms with Gasteiger partial charge in [0.25, 0.3) is 0 Å². The molecule has 6 heteroatoms. The highest BCUT2D eigenvalue weighted by Gasteiger charge is 2.17. The summed E-state index contributed by atoms with van der Waals surface area (Å²) in [5.74, 6) is 0.606. The molecule has 3 heterocycles. The Bertz CT molecular complexity index is 477. The van der Waals surface area contributed by atoms with Gasteiger partial charge in [0, 0.05) is 0 Å². The maximum atomic E-state index is 5.86. The lowest BCUT2D eigenvalue weighted by Crippen LogP contribution is -2.34. The minimum atomic E-state index is 0.239. The summed E-state index contributed by atoms with van der Waals surface area (Å²) < 4.78 is 5.86. The molecule has 0 spiro atoms. The molecule has 2 N–H and O–H groups in total. The highest BCUT2D eigenvalue weighted by atomic mass is 16.5. The van der Waals surface area contributed by atoms with Crippen molar-refractivity contribution in [2.24, 2.45) is 0 Å². The molecule has 0 aliphatic carbocycles. The topological polar surface area (TPSA) is 75.7 Å². The van der Waals surface area contributed by atoms with Gasteiger partial charge in [-0.25, -0.2) is 9.97 Å². The van der Waals surface area contributed by atoms with Crippen LogP contribution < -0.4 is 10.1 Å². The van der Waals surface area contributed by atoms with Crippen LogP contribution in [0.1, 0.15) is 12.8 Å². The molecular formula is C10H13N5O. The monoisotopic (exact) mass is 219 g/mol. The Kier molecular flexibility index (Phi) is 2.41. The van der Waals surface area contributed by atoms with Crippen LogP contribution in [0, 0.1) is 0 Å². The van der Waals surface area contributed by atoms with Crippen LogP contribution in [0.3, 0.4) is 0 Å². The predicted octanol–water partition coefficient (Wildman–Crippen LogP) is 0.484. The zero-order chi connectivity index (χ0) is 10.8. The largest absolute Gasteiger partial charge is 0.473 e. The van der Waals surface area contributed by atoms with E-state index >= 15 is 0 Å². The second-order valence-electron chi connectivity index (χ2n) is 3.85. The Morgan fingerprint density at radius 2 is 2.06 bits per heavy atom. The van der Waals surface area contributed by atoms with Crippen molar-refractivity contribution in [3.63, 3.8) is 0 Å². The van der Waals surface area contributed by atoms with Crippen molar-refractivity contribution in [2.45, 2.75) is 18.9 Å². The number of aromatic nitrogens is 4. The first-order chi connectivity index (χ1) is 7.93. The number of fused-ring (bicyclic) bond motifs is 1. The molecule has 0 aromatic carbocycles. The molecule has 1 aliphatic rings. The van der Waals surface area contributed by atoms with Gasteiger partial charge in [-0.3, -0.25) is 0 Å². The number of aromatic amines is 1. The number of ether oxygens (including phenoxy) is 1. The van der Waals surface area contributed by atoms with Gasteiger partial charge < -0.3 is 15.0 Å². The molecule has 1 fully saturated rings. The summed E-state index contributed by atoms with van der Waals surface area (Å²) in [6.07, 6.45) is 5.36. The minimum Gasteiger partial charge on any atom is -0.473 e. The van der Waals surface area contributed by atoms with Gasteiger partial charge in [-0.05, 0) is 25.9 Å². The molecule has 0 radical (unpaired) electrons. The molecule has 84 valence electrons. The van der Waals surface area contributed by atoms with E-state index in [1.165, 1.54) is 6.33 Å². The third-order valence-corrected chi connectivity index (χ3v) is 2.75. The summed E-state index contributed by atoms with van der Waals surface area (Å²) in [6.45, 7) is 2.00. The number of hydrogen-bond donors (Lipinski definition) is 2. The third-order valence-electron chi connectivity index (χ3n) is 2.75. The van der Waals surface area contributed by atoms with Crippen LogP contribution in [0.25, 0.3) is 11.2 Å². The fraction of sp³-hybridized carbons (Fsp3) is 0.500. The average Bonchev–Trinajstić information content (AvgIpc) is 2.80. The Labute approximate surface area is 92.5 Å². The number of hydrogen-bond acceptors (Lipinski definition) is 5. The molecule has 0 saturated carbocycles. The molecule has 6 nitrogen and oxygen atoms in total.